The normalized spacial score (nSPS) is 14.3. The van der Waals surface area contributed by atoms with Crippen LogP contribution in [0, 0.1) is 27.7 Å². The molecular formula is C22H26N6O. The summed E-state index contributed by atoms with van der Waals surface area (Å²) in [7, 11) is 0. The maximum Gasteiger partial charge on any atom is 0.253 e. The predicted octanol–water partition coefficient (Wildman–Crippen LogP) is 2.86. The maximum absolute atomic E-state index is 12.9. The largest absolute Gasteiger partial charge is 0.352 e. The molecule has 1 fully saturated rings. The van der Waals surface area contributed by atoms with Gasteiger partial charge in [-0.15, -0.1) is 10.2 Å². The van der Waals surface area contributed by atoms with Crippen LogP contribution in [0.25, 0.3) is 5.82 Å². The average Bonchev–Trinajstić information content (AvgIpc) is 3.05. The molecule has 150 valence electrons. The van der Waals surface area contributed by atoms with Crippen LogP contribution in [-0.2, 0) is 0 Å². The van der Waals surface area contributed by atoms with E-state index in [1.165, 1.54) is 0 Å². The van der Waals surface area contributed by atoms with Crippen molar-refractivity contribution in [2.24, 2.45) is 0 Å². The lowest BCUT2D eigenvalue weighted by molar-refractivity contribution is 0.0746. The van der Waals surface area contributed by atoms with Gasteiger partial charge in [0.2, 0.25) is 0 Å². The van der Waals surface area contributed by atoms with Gasteiger partial charge in [-0.05, 0) is 58.0 Å². The summed E-state index contributed by atoms with van der Waals surface area (Å²) in [5, 5.41) is 13.2. The van der Waals surface area contributed by atoms with Gasteiger partial charge in [0.25, 0.3) is 5.91 Å². The fourth-order valence-corrected chi connectivity index (χ4v) is 3.88. The summed E-state index contributed by atoms with van der Waals surface area (Å²) < 4.78 is 1.80. The van der Waals surface area contributed by atoms with Crippen LogP contribution >= 0.6 is 0 Å². The van der Waals surface area contributed by atoms with Gasteiger partial charge in [-0.1, -0.05) is 17.2 Å². The zero-order valence-electron chi connectivity index (χ0n) is 17.4. The number of amides is 1. The molecule has 3 heterocycles. The van der Waals surface area contributed by atoms with Crippen LogP contribution < -0.4 is 4.90 Å². The first-order chi connectivity index (χ1) is 13.9. The number of nitrogens with zero attached hydrogens (tertiary/aromatic N) is 6. The van der Waals surface area contributed by atoms with E-state index >= 15 is 0 Å². The number of hydrogen-bond acceptors (Lipinski definition) is 5. The Hall–Kier alpha value is -3.22. The Labute approximate surface area is 171 Å². The second kappa shape index (κ2) is 7.66. The molecule has 0 saturated carbocycles. The molecule has 3 aromatic rings. The zero-order valence-corrected chi connectivity index (χ0v) is 17.4. The Morgan fingerprint density at radius 2 is 1.45 bits per heavy atom. The molecule has 1 saturated heterocycles. The van der Waals surface area contributed by atoms with Crippen LogP contribution in [-0.4, -0.2) is 57.0 Å². The van der Waals surface area contributed by atoms with Crippen molar-refractivity contribution in [2.75, 3.05) is 31.1 Å². The molecule has 2 aromatic heterocycles. The molecule has 0 spiro atoms. The van der Waals surface area contributed by atoms with E-state index in [1.807, 2.05) is 62.9 Å². The van der Waals surface area contributed by atoms with E-state index in [4.69, 9.17) is 0 Å². The molecule has 0 bridgehead atoms. The number of aromatic nitrogens is 4. The molecule has 7 nitrogen and oxygen atoms in total. The van der Waals surface area contributed by atoms with Crippen molar-refractivity contribution in [1.29, 1.82) is 0 Å². The maximum atomic E-state index is 12.9. The van der Waals surface area contributed by atoms with Crippen molar-refractivity contribution in [3.05, 3.63) is 64.5 Å². The third kappa shape index (κ3) is 3.99. The van der Waals surface area contributed by atoms with Crippen molar-refractivity contribution in [1.82, 2.24) is 24.9 Å². The Morgan fingerprint density at radius 1 is 0.828 bits per heavy atom. The van der Waals surface area contributed by atoms with Crippen LogP contribution in [0.2, 0.25) is 0 Å². The van der Waals surface area contributed by atoms with Crippen LogP contribution in [0.5, 0.6) is 0 Å². The van der Waals surface area contributed by atoms with Gasteiger partial charge < -0.3 is 9.80 Å². The molecule has 1 aliphatic heterocycles. The number of benzene rings is 1. The quantitative estimate of drug-likeness (QED) is 0.688. The van der Waals surface area contributed by atoms with Crippen molar-refractivity contribution in [3.63, 3.8) is 0 Å². The van der Waals surface area contributed by atoms with Crippen molar-refractivity contribution < 1.29 is 4.79 Å². The predicted molar refractivity (Wildman–Crippen MR) is 113 cm³/mol. The topological polar surface area (TPSA) is 67.2 Å². The SMILES string of the molecule is Cc1cc(C)cc(C(=O)N2CCN(c3ccc(-n4nc(C)cc4C)nn3)CC2)c1. The van der Waals surface area contributed by atoms with Crippen LogP contribution in [0.1, 0.15) is 32.9 Å². The van der Waals surface area contributed by atoms with Gasteiger partial charge in [-0.3, -0.25) is 4.79 Å². The molecule has 7 heteroatoms. The first-order valence-corrected chi connectivity index (χ1v) is 9.90. The van der Waals surface area contributed by atoms with Crippen LogP contribution in [0.4, 0.5) is 5.82 Å². The summed E-state index contributed by atoms with van der Waals surface area (Å²) in [6, 6.07) is 11.9. The Morgan fingerprint density at radius 3 is 2.00 bits per heavy atom. The zero-order chi connectivity index (χ0) is 20.5. The van der Waals surface area contributed by atoms with Gasteiger partial charge in [-0.2, -0.15) is 5.10 Å². The molecular weight excluding hydrogens is 364 g/mol. The number of aryl methyl sites for hydroxylation is 4. The van der Waals surface area contributed by atoms with Crippen LogP contribution in [0.15, 0.2) is 36.4 Å². The lowest BCUT2D eigenvalue weighted by Gasteiger charge is -2.35. The molecule has 1 aromatic carbocycles. The molecule has 1 amide bonds. The first-order valence-electron chi connectivity index (χ1n) is 9.90. The smallest absolute Gasteiger partial charge is 0.253 e. The number of carbonyl (C=O) groups excluding carboxylic acids is 1. The Balaban J connectivity index is 1.41. The third-order valence-electron chi connectivity index (χ3n) is 5.22. The monoisotopic (exact) mass is 390 g/mol. The summed E-state index contributed by atoms with van der Waals surface area (Å²) in [6.07, 6.45) is 0. The Bertz CT molecular complexity index is 1010. The highest BCUT2D eigenvalue weighted by Crippen LogP contribution is 2.17. The molecule has 0 unspecified atom stereocenters. The van der Waals surface area contributed by atoms with Crippen molar-refractivity contribution in [2.45, 2.75) is 27.7 Å². The van der Waals surface area contributed by atoms with Crippen molar-refractivity contribution >= 4 is 11.7 Å². The van der Waals surface area contributed by atoms with E-state index in [1.54, 1.807) is 4.68 Å². The summed E-state index contributed by atoms with van der Waals surface area (Å²) in [5.74, 6) is 1.64. The van der Waals surface area contributed by atoms with E-state index in [0.717, 1.165) is 47.0 Å². The highest BCUT2D eigenvalue weighted by atomic mass is 16.2. The fraction of sp³-hybridized carbons (Fsp3) is 0.364. The van der Waals surface area contributed by atoms with Gasteiger partial charge in [-0.25, -0.2) is 4.68 Å². The highest BCUT2D eigenvalue weighted by molar-refractivity contribution is 5.94. The lowest BCUT2D eigenvalue weighted by atomic mass is 10.1. The molecule has 1 aliphatic rings. The minimum absolute atomic E-state index is 0.0995. The third-order valence-corrected chi connectivity index (χ3v) is 5.22. The fourth-order valence-electron chi connectivity index (χ4n) is 3.88. The summed E-state index contributed by atoms with van der Waals surface area (Å²) >= 11 is 0. The molecule has 0 radical (unpaired) electrons. The molecule has 4 rings (SSSR count). The second-order valence-electron chi connectivity index (χ2n) is 7.74. The summed E-state index contributed by atoms with van der Waals surface area (Å²) in [4.78, 5) is 16.9. The molecule has 0 atom stereocenters. The highest BCUT2D eigenvalue weighted by Gasteiger charge is 2.23. The first kappa shape index (κ1) is 19.1. The summed E-state index contributed by atoms with van der Waals surface area (Å²) in [5.41, 5.74) is 4.99. The number of rotatable bonds is 3. The van der Waals surface area contributed by atoms with Crippen molar-refractivity contribution in [3.8, 4) is 5.82 Å². The number of hydrogen-bond donors (Lipinski definition) is 0. The van der Waals surface area contributed by atoms with E-state index in [2.05, 4.69) is 26.3 Å². The van der Waals surface area contributed by atoms with E-state index in [0.29, 0.717) is 18.9 Å². The van der Waals surface area contributed by atoms with Gasteiger partial charge in [0.1, 0.15) is 0 Å². The summed E-state index contributed by atoms with van der Waals surface area (Å²) in [6.45, 7) is 10.8. The van der Waals surface area contributed by atoms with Crippen LogP contribution in [0.3, 0.4) is 0 Å². The van der Waals surface area contributed by atoms with Gasteiger partial charge >= 0.3 is 0 Å². The molecule has 0 N–H and O–H groups in total. The average molecular weight is 390 g/mol. The number of anilines is 1. The van der Waals surface area contributed by atoms with Gasteiger partial charge in [0.15, 0.2) is 11.6 Å². The Kier molecular flexibility index (Phi) is 5.05. The minimum atomic E-state index is 0.0995. The lowest BCUT2D eigenvalue weighted by Crippen LogP contribution is -2.49. The number of carbonyl (C=O) groups is 1. The minimum Gasteiger partial charge on any atom is -0.352 e. The standard InChI is InChI=1S/C22H26N6O/c1-15-11-16(2)13-19(12-15)22(29)27-9-7-26(8-10-27)20-5-6-21(24-23-20)28-18(4)14-17(3)25-28/h5-6,11-14H,7-10H2,1-4H3. The van der Waals surface area contributed by atoms with E-state index in [-0.39, 0.29) is 5.91 Å². The molecule has 29 heavy (non-hydrogen) atoms. The van der Waals surface area contributed by atoms with E-state index < -0.39 is 0 Å². The second-order valence-corrected chi connectivity index (χ2v) is 7.74. The van der Waals surface area contributed by atoms with E-state index in [9.17, 15) is 4.79 Å². The van der Waals surface area contributed by atoms with Gasteiger partial charge in [0.05, 0.1) is 5.69 Å². The number of piperazine rings is 1. The molecule has 0 aliphatic carbocycles. The van der Waals surface area contributed by atoms with Gasteiger partial charge in [0, 0.05) is 37.4 Å².